The monoisotopic (exact) mass is 236 g/mol. The molecule has 17 heavy (non-hydrogen) atoms. The fourth-order valence-electron chi connectivity index (χ4n) is 1.44. The van der Waals surface area contributed by atoms with E-state index in [-0.39, 0.29) is 5.97 Å². The number of hydrogen-bond donors (Lipinski definition) is 0. The first-order valence-corrected chi connectivity index (χ1v) is 5.11. The Labute approximate surface area is 101 Å². The van der Waals surface area contributed by atoms with Gasteiger partial charge in [0.15, 0.2) is 0 Å². The van der Waals surface area contributed by atoms with E-state index in [1.165, 1.54) is 13.2 Å². The van der Waals surface area contributed by atoms with E-state index < -0.39 is 0 Å². The molecule has 1 rings (SSSR count). The van der Waals surface area contributed by atoms with Crippen molar-refractivity contribution in [2.45, 2.75) is 6.92 Å². The third kappa shape index (κ3) is 3.24. The van der Waals surface area contributed by atoms with Crippen molar-refractivity contribution in [2.24, 2.45) is 0 Å². The summed E-state index contributed by atoms with van der Waals surface area (Å²) < 4.78 is 14.9. The number of carbonyl (C=O) groups is 1. The third-order valence-corrected chi connectivity index (χ3v) is 2.37. The van der Waals surface area contributed by atoms with Crippen LogP contribution in [0.2, 0.25) is 0 Å². The average molecular weight is 236 g/mol. The lowest BCUT2D eigenvalue weighted by Gasteiger charge is -2.10. The van der Waals surface area contributed by atoms with Crippen LogP contribution in [0.25, 0.3) is 5.57 Å². The molecule has 0 radical (unpaired) electrons. The topological polar surface area (TPSA) is 44.8 Å². The van der Waals surface area contributed by atoms with E-state index in [2.05, 4.69) is 4.74 Å². The van der Waals surface area contributed by atoms with Crippen LogP contribution in [0.5, 0.6) is 11.5 Å². The number of esters is 1. The van der Waals surface area contributed by atoms with Crippen molar-refractivity contribution < 1.29 is 19.0 Å². The second-order valence-electron chi connectivity index (χ2n) is 3.42. The van der Waals surface area contributed by atoms with Gasteiger partial charge in [0.1, 0.15) is 11.5 Å². The van der Waals surface area contributed by atoms with Gasteiger partial charge in [0.25, 0.3) is 0 Å². The van der Waals surface area contributed by atoms with Crippen LogP contribution in [0, 0.1) is 0 Å². The first-order chi connectivity index (χ1) is 8.12. The molecule has 0 aliphatic heterocycles. The maximum absolute atomic E-state index is 11.2. The van der Waals surface area contributed by atoms with Gasteiger partial charge < -0.3 is 14.2 Å². The highest BCUT2D eigenvalue weighted by atomic mass is 16.5. The van der Waals surface area contributed by atoms with Crippen LogP contribution in [0.1, 0.15) is 12.5 Å². The number of benzene rings is 1. The van der Waals surface area contributed by atoms with Crippen molar-refractivity contribution in [1.82, 2.24) is 0 Å². The average Bonchev–Trinajstić information content (AvgIpc) is 2.37. The highest BCUT2D eigenvalue weighted by molar-refractivity contribution is 5.91. The maximum atomic E-state index is 11.2. The Balaban J connectivity index is 3.13. The van der Waals surface area contributed by atoms with E-state index in [4.69, 9.17) is 9.47 Å². The van der Waals surface area contributed by atoms with Gasteiger partial charge in [-0.2, -0.15) is 0 Å². The normalized spacial score (nSPS) is 10.9. The van der Waals surface area contributed by atoms with E-state index in [1.54, 1.807) is 20.3 Å². The van der Waals surface area contributed by atoms with Crippen LogP contribution in [-0.4, -0.2) is 27.3 Å². The zero-order valence-electron chi connectivity index (χ0n) is 10.4. The van der Waals surface area contributed by atoms with Gasteiger partial charge >= 0.3 is 5.97 Å². The van der Waals surface area contributed by atoms with Crippen LogP contribution in [0.3, 0.4) is 0 Å². The molecule has 0 fully saturated rings. The maximum Gasteiger partial charge on any atom is 0.330 e. The molecular formula is C13H16O4. The number of carbonyl (C=O) groups excluding carboxylic acids is 1. The summed E-state index contributed by atoms with van der Waals surface area (Å²) in [6.45, 7) is 1.82. The van der Waals surface area contributed by atoms with Crippen molar-refractivity contribution in [1.29, 1.82) is 0 Å². The van der Waals surface area contributed by atoms with Gasteiger partial charge in [-0.3, -0.25) is 0 Å². The summed E-state index contributed by atoms with van der Waals surface area (Å²) in [5.41, 5.74) is 1.61. The lowest BCUT2D eigenvalue weighted by Crippen LogP contribution is -1.97. The molecule has 4 nitrogen and oxygen atoms in total. The standard InChI is InChI=1S/C13H16O4/c1-9(7-13(14)17-4)11-6-5-10(15-2)8-12(11)16-3/h5-8H,1-4H3/b9-7+. The van der Waals surface area contributed by atoms with Gasteiger partial charge in [0.2, 0.25) is 0 Å². The predicted molar refractivity (Wildman–Crippen MR) is 65.2 cm³/mol. The number of hydrogen-bond acceptors (Lipinski definition) is 4. The Hall–Kier alpha value is -1.97. The molecule has 0 aliphatic rings. The molecule has 0 heterocycles. The predicted octanol–water partition coefficient (Wildman–Crippen LogP) is 2.28. The molecule has 0 bridgehead atoms. The number of methoxy groups -OCH3 is 3. The van der Waals surface area contributed by atoms with E-state index in [0.29, 0.717) is 11.5 Å². The van der Waals surface area contributed by atoms with Crippen LogP contribution in [0.15, 0.2) is 24.3 Å². The van der Waals surface area contributed by atoms with Gasteiger partial charge in [-0.1, -0.05) is 0 Å². The molecule has 0 aliphatic carbocycles. The highest BCUT2D eigenvalue weighted by Gasteiger charge is 2.08. The van der Waals surface area contributed by atoms with Gasteiger partial charge in [-0.25, -0.2) is 4.79 Å². The lowest BCUT2D eigenvalue weighted by atomic mass is 10.1. The first-order valence-electron chi connectivity index (χ1n) is 5.11. The number of ether oxygens (including phenoxy) is 3. The van der Waals surface area contributed by atoms with Crippen LogP contribution >= 0.6 is 0 Å². The highest BCUT2D eigenvalue weighted by Crippen LogP contribution is 2.29. The molecule has 1 aromatic rings. The van der Waals surface area contributed by atoms with E-state index in [0.717, 1.165) is 11.1 Å². The van der Waals surface area contributed by atoms with Crippen molar-refractivity contribution in [2.75, 3.05) is 21.3 Å². The molecular weight excluding hydrogens is 220 g/mol. The molecule has 0 N–H and O–H groups in total. The second kappa shape index (κ2) is 5.94. The third-order valence-electron chi connectivity index (χ3n) is 2.37. The molecule has 0 saturated carbocycles. The lowest BCUT2D eigenvalue weighted by molar-refractivity contribution is -0.134. The van der Waals surface area contributed by atoms with Crippen molar-refractivity contribution >= 4 is 11.5 Å². The largest absolute Gasteiger partial charge is 0.497 e. The van der Waals surface area contributed by atoms with Gasteiger partial charge in [-0.15, -0.1) is 0 Å². The number of rotatable bonds is 4. The molecule has 0 aromatic heterocycles. The van der Waals surface area contributed by atoms with Crippen LogP contribution < -0.4 is 9.47 Å². The number of allylic oxidation sites excluding steroid dienone is 1. The minimum absolute atomic E-state index is 0.389. The quantitative estimate of drug-likeness (QED) is 0.594. The van der Waals surface area contributed by atoms with Crippen LogP contribution in [0.4, 0.5) is 0 Å². The summed E-state index contributed by atoms with van der Waals surface area (Å²) in [6, 6.07) is 5.42. The molecule has 1 aromatic carbocycles. The van der Waals surface area contributed by atoms with E-state index in [1.807, 2.05) is 19.1 Å². The van der Waals surface area contributed by atoms with E-state index in [9.17, 15) is 4.79 Å². The smallest absolute Gasteiger partial charge is 0.330 e. The summed E-state index contributed by atoms with van der Waals surface area (Å²) in [5.74, 6) is 0.971. The minimum Gasteiger partial charge on any atom is -0.497 e. The Bertz CT molecular complexity index is 435. The second-order valence-corrected chi connectivity index (χ2v) is 3.42. The molecule has 92 valence electrons. The SMILES string of the molecule is COC(=O)/C=C(\C)c1ccc(OC)cc1OC. The van der Waals surface area contributed by atoms with Gasteiger partial charge in [0.05, 0.1) is 21.3 Å². The Kier molecular flexibility index (Phi) is 4.57. The molecule has 0 atom stereocenters. The molecule has 0 unspecified atom stereocenters. The fraction of sp³-hybridized carbons (Fsp3) is 0.308. The van der Waals surface area contributed by atoms with Crippen LogP contribution in [-0.2, 0) is 9.53 Å². The molecule has 0 amide bonds. The zero-order chi connectivity index (χ0) is 12.8. The zero-order valence-corrected chi connectivity index (χ0v) is 10.4. The Morgan fingerprint density at radius 3 is 2.41 bits per heavy atom. The summed E-state index contributed by atoms with van der Waals surface area (Å²) in [4.78, 5) is 11.2. The minimum atomic E-state index is -0.389. The summed E-state index contributed by atoms with van der Waals surface area (Å²) >= 11 is 0. The van der Waals surface area contributed by atoms with Crippen molar-refractivity contribution in [3.8, 4) is 11.5 Å². The summed E-state index contributed by atoms with van der Waals surface area (Å²) in [6.07, 6.45) is 1.42. The first kappa shape index (κ1) is 13.1. The van der Waals surface area contributed by atoms with Crippen molar-refractivity contribution in [3.05, 3.63) is 29.8 Å². The Morgan fingerprint density at radius 1 is 1.18 bits per heavy atom. The molecule has 0 spiro atoms. The van der Waals surface area contributed by atoms with Crippen molar-refractivity contribution in [3.63, 3.8) is 0 Å². The Morgan fingerprint density at radius 2 is 1.88 bits per heavy atom. The van der Waals surface area contributed by atoms with Gasteiger partial charge in [-0.05, 0) is 24.6 Å². The fourth-order valence-corrected chi connectivity index (χ4v) is 1.44. The molecule has 4 heteroatoms. The molecule has 0 saturated heterocycles. The summed E-state index contributed by atoms with van der Waals surface area (Å²) in [7, 11) is 4.51. The summed E-state index contributed by atoms with van der Waals surface area (Å²) in [5, 5.41) is 0. The van der Waals surface area contributed by atoms with Gasteiger partial charge in [0, 0.05) is 17.7 Å². The van der Waals surface area contributed by atoms with E-state index >= 15 is 0 Å².